The van der Waals surface area contributed by atoms with Crippen LogP contribution in [0.2, 0.25) is 13.1 Å². The van der Waals surface area contributed by atoms with E-state index in [9.17, 15) is 0 Å². The summed E-state index contributed by atoms with van der Waals surface area (Å²) in [5.74, 6) is 0. The first-order valence-corrected chi connectivity index (χ1v) is 4.34. The zero-order chi connectivity index (χ0) is 4.12. The van der Waals surface area contributed by atoms with Crippen LogP contribution in [0.4, 0.5) is 0 Å². The molecule has 1 nitrogen and oxygen atoms in total. The molecule has 0 aliphatic rings. The fourth-order valence-electron chi connectivity index (χ4n) is 0.112. The van der Waals surface area contributed by atoms with E-state index in [4.69, 9.17) is 0 Å². The van der Waals surface area contributed by atoms with Crippen molar-refractivity contribution in [2.24, 2.45) is 4.30 Å². The smallest absolute Gasteiger partial charge is 0.544 e. The molecule has 6 heavy (non-hydrogen) atoms. The summed E-state index contributed by atoms with van der Waals surface area (Å²) in [6, 6.07) is 0. The molecule has 0 amide bonds. The van der Waals surface area contributed by atoms with Crippen molar-refractivity contribution in [2.45, 2.75) is 13.1 Å². The van der Waals surface area contributed by atoms with Crippen molar-refractivity contribution in [3.63, 3.8) is 0 Å². The van der Waals surface area contributed by atoms with Crippen LogP contribution in [-0.2, 0) is 0 Å². The van der Waals surface area contributed by atoms with Gasteiger partial charge in [0.25, 0.3) is 0 Å². The van der Waals surface area contributed by atoms with Crippen LogP contribution in [0, 0.1) is 0 Å². The normalized spacial score (nSPS) is 7.67. The van der Waals surface area contributed by atoms with Crippen molar-refractivity contribution >= 4 is 19.0 Å². The van der Waals surface area contributed by atoms with Crippen LogP contribution in [0.3, 0.4) is 0 Å². The second-order valence-corrected chi connectivity index (χ2v) is 2.35. The van der Waals surface area contributed by atoms with E-state index in [0.29, 0.717) is 0 Å². The molecule has 0 saturated carbocycles. The van der Waals surface area contributed by atoms with Gasteiger partial charge < -0.3 is 4.30 Å². The summed E-state index contributed by atoms with van der Waals surface area (Å²) in [7, 11) is 1.59. The van der Waals surface area contributed by atoms with Crippen molar-refractivity contribution in [1.82, 2.24) is 0 Å². The van der Waals surface area contributed by atoms with E-state index in [0.717, 1.165) is 19.0 Å². The quantitative estimate of drug-likeness (QED) is 0.345. The van der Waals surface area contributed by atoms with Crippen LogP contribution >= 0.6 is 0 Å². The van der Waals surface area contributed by atoms with Gasteiger partial charge in [0.15, 0.2) is 0 Å². The Morgan fingerprint density at radius 3 is 2.17 bits per heavy atom. The summed E-state index contributed by atoms with van der Waals surface area (Å²) in [5.41, 5.74) is 0. The maximum atomic E-state index is 4.03. The third kappa shape index (κ3) is 8.97. The molecule has 0 aliphatic heterocycles. The predicted molar refractivity (Wildman–Crippen MR) is 25.7 cm³/mol. The molecule has 0 fully saturated rings. The van der Waals surface area contributed by atoms with Gasteiger partial charge in [-0.3, -0.25) is 0 Å². The molecule has 0 aromatic heterocycles. The largest absolute Gasteiger partial charge is 1.00 e. The summed E-state index contributed by atoms with van der Waals surface area (Å²) >= 11 is 0. The van der Waals surface area contributed by atoms with E-state index in [1.54, 1.807) is 0 Å². The SMILES string of the molecule is C[Si]=N[Si-]C.[Na+]. The minimum Gasteiger partial charge on any atom is -0.544 e. The Bertz CT molecular complexity index is 38.5. The van der Waals surface area contributed by atoms with Gasteiger partial charge in [-0.05, 0) is 0 Å². The predicted octanol–water partition coefficient (Wildman–Crippen LogP) is -2.41. The first kappa shape index (κ1) is 10.3. The average Bonchev–Trinajstić information content (AvgIpc) is 1.41. The Morgan fingerprint density at radius 1 is 1.67 bits per heavy atom. The molecular formula is C2H6NNaSi2. The minimum atomic E-state index is 0. The van der Waals surface area contributed by atoms with Gasteiger partial charge in [0, 0.05) is 0 Å². The van der Waals surface area contributed by atoms with E-state index < -0.39 is 0 Å². The molecular weight excluding hydrogens is 117 g/mol. The van der Waals surface area contributed by atoms with Crippen LogP contribution < -0.4 is 29.6 Å². The number of nitrogens with zero attached hydrogens (tertiary/aromatic N) is 1. The molecule has 0 aromatic carbocycles. The first-order valence-electron chi connectivity index (χ1n) is 1.45. The summed E-state index contributed by atoms with van der Waals surface area (Å²) < 4.78 is 4.03. The molecule has 0 heterocycles. The van der Waals surface area contributed by atoms with E-state index in [-0.39, 0.29) is 29.6 Å². The fraction of sp³-hybridized carbons (Fsp3) is 1.00. The Morgan fingerprint density at radius 2 is 2.17 bits per heavy atom. The number of hydrogen-bond donors (Lipinski definition) is 0. The van der Waals surface area contributed by atoms with Crippen LogP contribution in [0.15, 0.2) is 4.30 Å². The van der Waals surface area contributed by atoms with Gasteiger partial charge in [-0.2, -0.15) is 0 Å². The maximum Gasteiger partial charge on any atom is 1.00 e. The van der Waals surface area contributed by atoms with Crippen molar-refractivity contribution in [3.8, 4) is 0 Å². The molecule has 0 N–H and O–H groups in total. The summed E-state index contributed by atoms with van der Waals surface area (Å²) in [4.78, 5) is 0. The Labute approximate surface area is 65.7 Å². The van der Waals surface area contributed by atoms with E-state index in [1.807, 2.05) is 0 Å². The molecule has 0 spiro atoms. The van der Waals surface area contributed by atoms with Gasteiger partial charge in [0.05, 0.1) is 0 Å². The summed E-state index contributed by atoms with van der Waals surface area (Å²) in [5, 5.41) is 0. The molecule has 2 radical (unpaired) electrons. The van der Waals surface area contributed by atoms with Crippen LogP contribution in [0.5, 0.6) is 0 Å². The van der Waals surface area contributed by atoms with E-state index in [1.165, 1.54) is 0 Å². The third-order valence-electron chi connectivity index (χ3n) is 0.224. The molecule has 0 unspecified atom stereocenters. The molecule has 0 aliphatic carbocycles. The molecule has 0 atom stereocenters. The Balaban J connectivity index is 0. The molecule has 0 saturated heterocycles. The topological polar surface area (TPSA) is 12.4 Å². The van der Waals surface area contributed by atoms with Crippen molar-refractivity contribution in [1.29, 1.82) is 0 Å². The van der Waals surface area contributed by atoms with Gasteiger partial charge in [-0.15, -0.1) is 32.1 Å². The summed E-state index contributed by atoms with van der Waals surface area (Å²) in [6.45, 7) is 4.16. The monoisotopic (exact) mass is 123 g/mol. The van der Waals surface area contributed by atoms with Gasteiger partial charge in [-0.1, -0.05) is 0 Å². The molecule has 0 rings (SSSR count). The summed E-state index contributed by atoms with van der Waals surface area (Å²) in [6.07, 6.45) is 0. The Hall–Kier alpha value is 1.23. The van der Waals surface area contributed by atoms with Crippen molar-refractivity contribution < 1.29 is 29.6 Å². The number of rotatable bonds is 1. The second kappa shape index (κ2) is 9.53. The maximum absolute atomic E-state index is 4.03. The zero-order valence-electron chi connectivity index (χ0n) is 4.45. The molecule has 28 valence electrons. The zero-order valence-corrected chi connectivity index (χ0v) is 8.45. The van der Waals surface area contributed by atoms with Crippen LogP contribution in [0.25, 0.3) is 0 Å². The van der Waals surface area contributed by atoms with Crippen molar-refractivity contribution in [3.05, 3.63) is 0 Å². The molecule has 0 aromatic rings. The third-order valence-corrected chi connectivity index (χ3v) is 2.01. The van der Waals surface area contributed by atoms with E-state index in [2.05, 4.69) is 17.4 Å². The average molecular weight is 123 g/mol. The van der Waals surface area contributed by atoms with Gasteiger partial charge in [0.2, 0.25) is 0 Å². The van der Waals surface area contributed by atoms with Gasteiger partial charge in [-0.25, -0.2) is 0 Å². The molecule has 4 heteroatoms. The van der Waals surface area contributed by atoms with Crippen LogP contribution in [0.1, 0.15) is 0 Å². The first-order chi connectivity index (χ1) is 2.41. The van der Waals surface area contributed by atoms with E-state index >= 15 is 0 Å². The molecule has 0 bridgehead atoms. The second-order valence-electron chi connectivity index (χ2n) is 0.559. The van der Waals surface area contributed by atoms with Gasteiger partial charge >= 0.3 is 29.6 Å². The fourth-order valence-corrected chi connectivity index (χ4v) is 1.01. The number of hydrogen-bond acceptors (Lipinski definition) is 1. The van der Waals surface area contributed by atoms with Crippen molar-refractivity contribution in [2.75, 3.05) is 0 Å². The standard InChI is InChI=1S/C2H6NSi2.Na/c1-4-3-5-2;/h1-2H3;/q-1;+1. The minimum absolute atomic E-state index is 0. The Kier molecular flexibility index (Phi) is 16.3. The van der Waals surface area contributed by atoms with Gasteiger partial charge in [0.1, 0.15) is 0 Å². The van der Waals surface area contributed by atoms with Crippen LogP contribution in [-0.4, -0.2) is 19.0 Å².